The average Bonchev–Trinajstić information content (AvgIpc) is 2.68. The number of aromatic nitrogens is 2. The largest absolute Gasteiger partial charge is 0.397 e. The second-order valence-corrected chi connectivity index (χ2v) is 4.69. The highest BCUT2D eigenvalue weighted by atomic mass is 15.3. The molecule has 88 valence electrons. The summed E-state index contributed by atoms with van der Waals surface area (Å²) < 4.78 is 2.04. The first kappa shape index (κ1) is 10.4. The van der Waals surface area contributed by atoms with Crippen molar-refractivity contribution < 1.29 is 0 Å². The Hall–Kier alpha value is -1.77. The smallest absolute Gasteiger partial charge is 0.0878 e. The van der Waals surface area contributed by atoms with Crippen molar-refractivity contribution in [3.63, 3.8) is 0 Å². The van der Waals surface area contributed by atoms with E-state index in [4.69, 9.17) is 5.73 Å². The van der Waals surface area contributed by atoms with E-state index in [2.05, 4.69) is 12.0 Å². The second-order valence-electron chi connectivity index (χ2n) is 4.69. The maximum absolute atomic E-state index is 6.03. The van der Waals surface area contributed by atoms with Gasteiger partial charge in [0.1, 0.15) is 0 Å². The molecule has 0 aliphatic heterocycles. The maximum atomic E-state index is 6.03. The average molecular weight is 227 g/mol. The fraction of sp³-hybridized carbons (Fsp3) is 0.357. The fourth-order valence-corrected chi connectivity index (χ4v) is 2.66. The summed E-state index contributed by atoms with van der Waals surface area (Å²) in [5.41, 5.74) is 11.8. The molecule has 3 heteroatoms. The summed E-state index contributed by atoms with van der Waals surface area (Å²) in [5, 5.41) is 4.66. The molecule has 1 heterocycles. The molecule has 0 radical (unpaired) electrons. The first-order valence-electron chi connectivity index (χ1n) is 6.19. The molecule has 0 saturated carbocycles. The Morgan fingerprint density at radius 3 is 2.76 bits per heavy atom. The Bertz CT molecular complexity index is 555. The number of nitrogens with two attached hydrogens (primary N) is 1. The third-order valence-corrected chi connectivity index (χ3v) is 3.55. The zero-order chi connectivity index (χ0) is 11.8. The van der Waals surface area contributed by atoms with E-state index in [1.165, 1.54) is 24.1 Å². The van der Waals surface area contributed by atoms with Gasteiger partial charge in [-0.3, -0.25) is 0 Å². The van der Waals surface area contributed by atoms with E-state index in [1.54, 1.807) is 0 Å². The Morgan fingerprint density at radius 1 is 1.18 bits per heavy atom. The van der Waals surface area contributed by atoms with Gasteiger partial charge in [-0.05, 0) is 50.3 Å². The lowest BCUT2D eigenvalue weighted by Gasteiger charge is -2.15. The van der Waals surface area contributed by atoms with Gasteiger partial charge in [0, 0.05) is 5.69 Å². The van der Waals surface area contributed by atoms with Gasteiger partial charge in [-0.15, -0.1) is 0 Å². The number of benzene rings is 1. The van der Waals surface area contributed by atoms with E-state index in [0.29, 0.717) is 0 Å². The predicted molar refractivity (Wildman–Crippen MR) is 69.4 cm³/mol. The van der Waals surface area contributed by atoms with Crippen molar-refractivity contribution in [3.05, 3.63) is 41.2 Å². The molecular formula is C14H17N3. The zero-order valence-electron chi connectivity index (χ0n) is 10.1. The number of para-hydroxylation sites is 2. The molecule has 0 spiro atoms. The molecule has 2 aromatic rings. The maximum Gasteiger partial charge on any atom is 0.0878 e. The minimum atomic E-state index is 0.795. The number of nitrogens with zero attached hydrogens (tertiary/aromatic N) is 2. The highest BCUT2D eigenvalue weighted by Crippen LogP contribution is 2.28. The van der Waals surface area contributed by atoms with E-state index in [9.17, 15) is 0 Å². The van der Waals surface area contributed by atoms with Crippen molar-refractivity contribution in [1.29, 1.82) is 0 Å². The molecule has 0 saturated heterocycles. The Kier molecular flexibility index (Phi) is 2.39. The summed E-state index contributed by atoms with van der Waals surface area (Å²) in [7, 11) is 0. The molecular weight excluding hydrogens is 210 g/mol. The van der Waals surface area contributed by atoms with Crippen molar-refractivity contribution >= 4 is 5.69 Å². The van der Waals surface area contributed by atoms with Crippen LogP contribution in [0, 0.1) is 6.92 Å². The SMILES string of the molecule is Cc1nn(-c2ccccc2N)c2c1CCCC2. The van der Waals surface area contributed by atoms with Crippen LogP contribution in [0.4, 0.5) is 5.69 Å². The third-order valence-electron chi connectivity index (χ3n) is 3.55. The predicted octanol–water partition coefficient (Wildman–Crippen LogP) is 2.64. The minimum Gasteiger partial charge on any atom is -0.397 e. The molecule has 1 aliphatic rings. The van der Waals surface area contributed by atoms with Gasteiger partial charge in [0.05, 0.1) is 17.1 Å². The van der Waals surface area contributed by atoms with E-state index in [1.807, 2.05) is 28.9 Å². The topological polar surface area (TPSA) is 43.8 Å². The van der Waals surface area contributed by atoms with E-state index < -0.39 is 0 Å². The van der Waals surface area contributed by atoms with E-state index in [0.717, 1.165) is 29.9 Å². The van der Waals surface area contributed by atoms with Crippen molar-refractivity contribution in [2.75, 3.05) is 5.73 Å². The van der Waals surface area contributed by atoms with Crippen LogP contribution in [0.5, 0.6) is 0 Å². The number of aryl methyl sites for hydroxylation is 1. The van der Waals surface area contributed by atoms with Crippen molar-refractivity contribution in [2.45, 2.75) is 32.6 Å². The van der Waals surface area contributed by atoms with Gasteiger partial charge in [-0.1, -0.05) is 12.1 Å². The number of anilines is 1. The molecule has 1 aromatic carbocycles. The first-order valence-corrected chi connectivity index (χ1v) is 6.19. The van der Waals surface area contributed by atoms with Crippen LogP contribution in [0.15, 0.2) is 24.3 Å². The monoisotopic (exact) mass is 227 g/mol. The van der Waals surface area contributed by atoms with Gasteiger partial charge in [0.2, 0.25) is 0 Å². The Balaban J connectivity index is 2.19. The molecule has 0 fully saturated rings. The van der Waals surface area contributed by atoms with Gasteiger partial charge in [0.15, 0.2) is 0 Å². The van der Waals surface area contributed by atoms with Gasteiger partial charge in [-0.25, -0.2) is 4.68 Å². The van der Waals surface area contributed by atoms with Crippen LogP contribution < -0.4 is 5.73 Å². The molecule has 1 aliphatic carbocycles. The number of hydrogen-bond donors (Lipinski definition) is 1. The molecule has 3 rings (SSSR count). The zero-order valence-corrected chi connectivity index (χ0v) is 10.1. The minimum absolute atomic E-state index is 0.795. The van der Waals surface area contributed by atoms with Crippen LogP contribution in [-0.4, -0.2) is 9.78 Å². The molecule has 3 nitrogen and oxygen atoms in total. The molecule has 0 bridgehead atoms. The Labute approximate surface area is 101 Å². The lowest BCUT2D eigenvalue weighted by Crippen LogP contribution is -2.09. The normalized spacial score (nSPS) is 14.6. The van der Waals surface area contributed by atoms with Gasteiger partial charge < -0.3 is 5.73 Å². The summed E-state index contributed by atoms with van der Waals surface area (Å²) >= 11 is 0. The highest BCUT2D eigenvalue weighted by Gasteiger charge is 2.19. The van der Waals surface area contributed by atoms with Crippen molar-refractivity contribution in [3.8, 4) is 5.69 Å². The molecule has 0 amide bonds. The van der Waals surface area contributed by atoms with Crippen LogP contribution in [0.1, 0.15) is 29.8 Å². The highest BCUT2D eigenvalue weighted by molar-refractivity contribution is 5.58. The van der Waals surface area contributed by atoms with Crippen molar-refractivity contribution in [1.82, 2.24) is 9.78 Å². The summed E-state index contributed by atoms with van der Waals surface area (Å²) in [5.74, 6) is 0. The first-order chi connectivity index (χ1) is 8.27. The fourth-order valence-electron chi connectivity index (χ4n) is 2.66. The summed E-state index contributed by atoms with van der Waals surface area (Å²) in [6.45, 7) is 2.10. The molecule has 2 N–H and O–H groups in total. The molecule has 1 aromatic heterocycles. The quantitative estimate of drug-likeness (QED) is 0.761. The van der Waals surface area contributed by atoms with Crippen LogP contribution in [0.3, 0.4) is 0 Å². The van der Waals surface area contributed by atoms with Crippen LogP contribution in [0.2, 0.25) is 0 Å². The molecule has 0 unspecified atom stereocenters. The summed E-state index contributed by atoms with van der Waals surface area (Å²) in [6, 6.07) is 7.94. The molecule has 17 heavy (non-hydrogen) atoms. The van der Waals surface area contributed by atoms with Gasteiger partial charge in [-0.2, -0.15) is 5.10 Å². The van der Waals surface area contributed by atoms with E-state index in [-0.39, 0.29) is 0 Å². The van der Waals surface area contributed by atoms with Crippen LogP contribution in [0.25, 0.3) is 5.69 Å². The number of fused-ring (bicyclic) bond motifs is 1. The Morgan fingerprint density at radius 2 is 1.94 bits per heavy atom. The number of hydrogen-bond acceptors (Lipinski definition) is 2. The summed E-state index contributed by atoms with van der Waals surface area (Å²) in [4.78, 5) is 0. The third kappa shape index (κ3) is 1.62. The van der Waals surface area contributed by atoms with Gasteiger partial charge >= 0.3 is 0 Å². The molecule has 0 atom stereocenters. The number of nitrogen functional groups attached to an aromatic ring is 1. The van der Waals surface area contributed by atoms with E-state index >= 15 is 0 Å². The summed E-state index contributed by atoms with van der Waals surface area (Å²) in [6.07, 6.45) is 4.81. The standard InChI is InChI=1S/C14H17N3/c1-10-11-6-2-4-8-13(11)17(16-10)14-9-5-3-7-12(14)15/h3,5,7,9H,2,4,6,8,15H2,1H3. The lowest BCUT2D eigenvalue weighted by atomic mass is 9.96. The second kappa shape index (κ2) is 3.91. The van der Waals surface area contributed by atoms with Crippen LogP contribution >= 0.6 is 0 Å². The van der Waals surface area contributed by atoms with Gasteiger partial charge in [0.25, 0.3) is 0 Å². The van der Waals surface area contributed by atoms with Crippen molar-refractivity contribution in [2.24, 2.45) is 0 Å². The van der Waals surface area contributed by atoms with Crippen LogP contribution in [-0.2, 0) is 12.8 Å². The number of rotatable bonds is 1. The lowest BCUT2D eigenvalue weighted by molar-refractivity contribution is 0.653.